The molecule has 0 fully saturated rings. The molecule has 0 amide bonds. The van der Waals surface area contributed by atoms with Gasteiger partial charge in [0.25, 0.3) is 0 Å². The molecule has 0 saturated heterocycles. The number of nitrogens with two attached hydrogens (primary N) is 1. The first-order valence-electron chi connectivity index (χ1n) is 3.14. The van der Waals surface area contributed by atoms with Gasteiger partial charge >= 0.3 is 0 Å². The highest BCUT2D eigenvalue weighted by atomic mass is 35.5. The lowest BCUT2D eigenvalue weighted by Gasteiger charge is -2.00. The molecule has 0 aromatic heterocycles. The average molecular weight is 174 g/mol. The maximum absolute atomic E-state index is 5.45. The maximum atomic E-state index is 5.45. The quantitative estimate of drug-likeness (QED) is 0.376. The molecule has 0 aliphatic rings. The van der Waals surface area contributed by atoms with Crippen LogP contribution in [0.25, 0.3) is 0 Å². The molecule has 0 aromatic carbocycles. The second-order valence-corrected chi connectivity index (χ2v) is 2.42. The summed E-state index contributed by atoms with van der Waals surface area (Å²) in [6.45, 7) is 7.92. The van der Waals surface area contributed by atoms with Crippen LogP contribution in [0.2, 0.25) is 0 Å². The molecular formula is C7H12ClN3. The first-order chi connectivity index (χ1) is 5.16. The Morgan fingerprint density at radius 3 is 2.82 bits per heavy atom. The number of rotatable bonds is 4. The highest BCUT2D eigenvalue weighted by molar-refractivity contribution is 6.29. The van der Waals surface area contributed by atoms with Crippen LogP contribution in [0.15, 0.2) is 29.3 Å². The standard InChI is InChI=1S/C7H12ClN3/c1-3-4-10-7(9)11-5-6(2)8/h3H,1-2,4-5H2,(H3,9,10,11). The van der Waals surface area contributed by atoms with Crippen LogP contribution in [-0.4, -0.2) is 19.0 Å². The van der Waals surface area contributed by atoms with E-state index in [2.05, 4.69) is 23.5 Å². The van der Waals surface area contributed by atoms with Gasteiger partial charge in [-0.25, -0.2) is 4.99 Å². The molecule has 0 spiro atoms. The number of hydrogen-bond acceptors (Lipinski definition) is 1. The molecule has 0 aliphatic heterocycles. The monoisotopic (exact) mass is 173 g/mol. The van der Waals surface area contributed by atoms with Crippen molar-refractivity contribution in [3.8, 4) is 0 Å². The van der Waals surface area contributed by atoms with Gasteiger partial charge < -0.3 is 11.1 Å². The predicted octanol–water partition coefficient (Wildman–Crippen LogP) is 0.829. The lowest BCUT2D eigenvalue weighted by Crippen LogP contribution is -2.31. The van der Waals surface area contributed by atoms with Crippen molar-refractivity contribution in [2.45, 2.75) is 0 Å². The van der Waals surface area contributed by atoms with Gasteiger partial charge in [0.1, 0.15) is 0 Å². The Hall–Kier alpha value is -0.960. The Kier molecular flexibility index (Phi) is 5.29. The summed E-state index contributed by atoms with van der Waals surface area (Å²) in [5, 5.41) is 3.26. The van der Waals surface area contributed by atoms with E-state index in [0.29, 0.717) is 24.1 Å². The second-order valence-electron chi connectivity index (χ2n) is 1.89. The fraction of sp³-hybridized carbons (Fsp3) is 0.286. The van der Waals surface area contributed by atoms with E-state index in [0.717, 1.165) is 0 Å². The number of hydrogen-bond donors (Lipinski definition) is 2. The molecule has 0 saturated carbocycles. The van der Waals surface area contributed by atoms with Gasteiger partial charge in [-0.2, -0.15) is 0 Å². The van der Waals surface area contributed by atoms with Gasteiger partial charge in [-0.1, -0.05) is 24.3 Å². The third kappa shape index (κ3) is 6.93. The van der Waals surface area contributed by atoms with E-state index in [1.165, 1.54) is 0 Å². The fourth-order valence-corrected chi connectivity index (χ4v) is 0.463. The molecule has 11 heavy (non-hydrogen) atoms. The molecular weight excluding hydrogens is 162 g/mol. The summed E-state index contributed by atoms with van der Waals surface area (Å²) in [6, 6.07) is 0. The number of nitrogens with zero attached hydrogens (tertiary/aromatic N) is 1. The molecule has 0 radical (unpaired) electrons. The molecule has 0 bridgehead atoms. The highest BCUT2D eigenvalue weighted by Gasteiger charge is 1.87. The van der Waals surface area contributed by atoms with Gasteiger partial charge in [-0.3, -0.25) is 0 Å². The highest BCUT2D eigenvalue weighted by Crippen LogP contribution is 1.94. The largest absolute Gasteiger partial charge is 0.370 e. The van der Waals surface area contributed by atoms with Crippen LogP contribution in [0.1, 0.15) is 0 Å². The van der Waals surface area contributed by atoms with E-state index >= 15 is 0 Å². The lowest BCUT2D eigenvalue weighted by molar-refractivity contribution is 1.00. The molecule has 0 atom stereocenters. The third-order valence-electron chi connectivity index (χ3n) is 0.848. The molecule has 0 unspecified atom stereocenters. The number of halogens is 1. The minimum absolute atomic E-state index is 0.345. The second kappa shape index (κ2) is 5.80. The van der Waals surface area contributed by atoms with E-state index in [-0.39, 0.29) is 0 Å². The van der Waals surface area contributed by atoms with Crippen molar-refractivity contribution in [3.05, 3.63) is 24.3 Å². The smallest absolute Gasteiger partial charge is 0.189 e. The van der Waals surface area contributed by atoms with E-state index in [4.69, 9.17) is 17.3 Å². The first kappa shape index (κ1) is 10.0. The molecule has 0 rings (SSSR count). The van der Waals surface area contributed by atoms with Crippen LogP contribution >= 0.6 is 11.6 Å². The van der Waals surface area contributed by atoms with Crippen molar-refractivity contribution < 1.29 is 0 Å². The summed E-state index contributed by atoms with van der Waals surface area (Å²) in [6.07, 6.45) is 1.69. The predicted molar refractivity (Wildman–Crippen MR) is 49.7 cm³/mol. The Morgan fingerprint density at radius 2 is 2.36 bits per heavy atom. The Balaban J connectivity index is 3.62. The van der Waals surface area contributed by atoms with Crippen LogP contribution < -0.4 is 11.1 Å². The molecule has 3 nitrogen and oxygen atoms in total. The minimum Gasteiger partial charge on any atom is -0.370 e. The van der Waals surface area contributed by atoms with Crippen LogP contribution in [0.4, 0.5) is 0 Å². The third-order valence-corrected chi connectivity index (χ3v) is 0.968. The van der Waals surface area contributed by atoms with Crippen molar-refractivity contribution in [1.82, 2.24) is 5.32 Å². The van der Waals surface area contributed by atoms with Gasteiger partial charge in [0.15, 0.2) is 5.96 Å². The SMILES string of the molecule is C=CCNC(N)=NCC(=C)Cl. The number of guanidine groups is 1. The number of aliphatic imine (C=N–C) groups is 1. The van der Waals surface area contributed by atoms with Crippen molar-refractivity contribution in [2.24, 2.45) is 10.7 Å². The van der Waals surface area contributed by atoms with Gasteiger partial charge in [-0.05, 0) is 0 Å². The van der Waals surface area contributed by atoms with E-state index in [1.807, 2.05) is 0 Å². The molecule has 62 valence electrons. The molecule has 0 aromatic rings. The zero-order valence-electron chi connectivity index (χ0n) is 6.31. The van der Waals surface area contributed by atoms with Crippen molar-refractivity contribution in [3.63, 3.8) is 0 Å². The normalized spacial score (nSPS) is 10.8. The van der Waals surface area contributed by atoms with Crippen molar-refractivity contribution >= 4 is 17.6 Å². The molecule has 0 aliphatic carbocycles. The summed E-state index contributed by atoms with van der Waals surface area (Å²) in [5.41, 5.74) is 5.40. The average Bonchev–Trinajstić information content (AvgIpc) is 1.97. The zero-order chi connectivity index (χ0) is 8.69. The van der Waals surface area contributed by atoms with Crippen LogP contribution in [0.5, 0.6) is 0 Å². The Morgan fingerprint density at radius 1 is 1.73 bits per heavy atom. The number of nitrogens with one attached hydrogen (secondary N) is 1. The molecule has 3 N–H and O–H groups in total. The molecule has 4 heteroatoms. The minimum atomic E-state index is 0.345. The Labute approximate surface area is 71.6 Å². The van der Waals surface area contributed by atoms with Crippen molar-refractivity contribution in [1.29, 1.82) is 0 Å². The lowest BCUT2D eigenvalue weighted by atomic mass is 10.6. The van der Waals surface area contributed by atoms with Crippen molar-refractivity contribution in [2.75, 3.05) is 13.1 Å². The van der Waals surface area contributed by atoms with E-state index in [9.17, 15) is 0 Å². The van der Waals surface area contributed by atoms with E-state index in [1.54, 1.807) is 6.08 Å². The van der Waals surface area contributed by atoms with Gasteiger partial charge in [0.05, 0.1) is 6.54 Å². The van der Waals surface area contributed by atoms with Crippen LogP contribution in [0, 0.1) is 0 Å². The Bertz CT molecular complexity index is 175. The summed E-state index contributed by atoms with van der Waals surface area (Å²) in [4.78, 5) is 3.87. The van der Waals surface area contributed by atoms with Gasteiger partial charge in [0.2, 0.25) is 0 Å². The summed E-state index contributed by atoms with van der Waals surface area (Å²) in [5.74, 6) is 0.353. The zero-order valence-corrected chi connectivity index (χ0v) is 7.06. The first-order valence-corrected chi connectivity index (χ1v) is 3.52. The maximum Gasteiger partial charge on any atom is 0.189 e. The van der Waals surface area contributed by atoms with Crippen LogP contribution in [-0.2, 0) is 0 Å². The van der Waals surface area contributed by atoms with Crippen LogP contribution in [0.3, 0.4) is 0 Å². The topological polar surface area (TPSA) is 50.4 Å². The summed E-state index contributed by atoms with van der Waals surface area (Å²) >= 11 is 5.45. The fourth-order valence-electron chi connectivity index (χ4n) is 0.404. The van der Waals surface area contributed by atoms with Gasteiger partial charge in [-0.15, -0.1) is 6.58 Å². The summed E-state index contributed by atoms with van der Waals surface area (Å²) in [7, 11) is 0. The summed E-state index contributed by atoms with van der Waals surface area (Å²) < 4.78 is 0. The van der Waals surface area contributed by atoms with E-state index < -0.39 is 0 Å². The molecule has 0 heterocycles. The van der Waals surface area contributed by atoms with Gasteiger partial charge in [0, 0.05) is 11.6 Å².